The summed E-state index contributed by atoms with van der Waals surface area (Å²) < 4.78 is 0. The average Bonchev–Trinajstić information content (AvgIpc) is 3.14. The van der Waals surface area contributed by atoms with Gasteiger partial charge in [-0.1, -0.05) is 12.1 Å². The Bertz CT molecular complexity index is 1170. The zero-order valence-corrected chi connectivity index (χ0v) is 16.8. The molecule has 3 aromatic rings. The standard InChI is InChI=1S/C22H24N6O2/c1-11-21(27-15-6-5-12(15)9-19(23)29)28-20-13(3-2-4-17(20)25-11)18-10-14-16(26-18)7-8-24-22(14)30/h2-4,10,12,15,26H,5-9H2,1H3,(H2,23,29)(H,24,30)(H,27,28)/t12?,15-/m0/s1. The maximum atomic E-state index is 12.2. The van der Waals surface area contributed by atoms with Gasteiger partial charge in [-0.3, -0.25) is 9.59 Å². The van der Waals surface area contributed by atoms with Gasteiger partial charge in [0, 0.05) is 42.4 Å². The van der Waals surface area contributed by atoms with Gasteiger partial charge in [0.1, 0.15) is 11.3 Å². The summed E-state index contributed by atoms with van der Waals surface area (Å²) in [5.41, 5.74) is 11.2. The van der Waals surface area contributed by atoms with E-state index in [4.69, 9.17) is 15.7 Å². The van der Waals surface area contributed by atoms with Gasteiger partial charge >= 0.3 is 0 Å². The lowest BCUT2D eigenvalue weighted by Crippen LogP contribution is -2.41. The number of nitrogens with one attached hydrogen (secondary N) is 3. The van der Waals surface area contributed by atoms with E-state index in [1.165, 1.54) is 0 Å². The fourth-order valence-electron chi connectivity index (χ4n) is 4.40. The minimum Gasteiger partial charge on any atom is -0.370 e. The van der Waals surface area contributed by atoms with Crippen molar-refractivity contribution in [1.29, 1.82) is 0 Å². The Morgan fingerprint density at radius 2 is 2.13 bits per heavy atom. The summed E-state index contributed by atoms with van der Waals surface area (Å²) in [6, 6.07) is 7.95. The first-order chi connectivity index (χ1) is 14.5. The van der Waals surface area contributed by atoms with Crippen molar-refractivity contribution in [3.63, 3.8) is 0 Å². The first-order valence-corrected chi connectivity index (χ1v) is 10.3. The van der Waals surface area contributed by atoms with Crippen molar-refractivity contribution >= 4 is 28.7 Å². The number of fused-ring (bicyclic) bond motifs is 2. The molecule has 5 N–H and O–H groups in total. The van der Waals surface area contributed by atoms with E-state index in [9.17, 15) is 9.59 Å². The van der Waals surface area contributed by atoms with Crippen LogP contribution in [0.3, 0.4) is 0 Å². The molecular formula is C22H24N6O2. The molecular weight excluding hydrogens is 380 g/mol. The second kappa shape index (κ2) is 7.12. The van der Waals surface area contributed by atoms with E-state index in [2.05, 4.69) is 15.6 Å². The molecule has 1 aliphatic carbocycles. The Kier molecular flexibility index (Phi) is 4.42. The van der Waals surface area contributed by atoms with E-state index in [0.717, 1.165) is 58.8 Å². The van der Waals surface area contributed by atoms with Crippen LogP contribution < -0.4 is 16.4 Å². The monoisotopic (exact) mass is 404 g/mol. The van der Waals surface area contributed by atoms with E-state index in [1.54, 1.807) is 0 Å². The fraction of sp³-hybridized carbons (Fsp3) is 0.364. The van der Waals surface area contributed by atoms with Crippen LogP contribution in [0.5, 0.6) is 0 Å². The number of anilines is 1. The van der Waals surface area contributed by atoms with Gasteiger partial charge in [0.25, 0.3) is 5.91 Å². The maximum Gasteiger partial charge on any atom is 0.253 e. The second-order valence-corrected chi connectivity index (χ2v) is 8.17. The van der Waals surface area contributed by atoms with Gasteiger partial charge in [-0.2, -0.15) is 0 Å². The van der Waals surface area contributed by atoms with E-state index in [1.807, 2.05) is 31.2 Å². The van der Waals surface area contributed by atoms with Crippen LogP contribution in [0.15, 0.2) is 24.3 Å². The van der Waals surface area contributed by atoms with Crippen LogP contribution in [0.2, 0.25) is 0 Å². The van der Waals surface area contributed by atoms with Crippen molar-refractivity contribution in [2.45, 2.75) is 38.6 Å². The van der Waals surface area contributed by atoms with Gasteiger partial charge in [-0.15, -0.1) is 0 Å². The van der Waals surface area contributed by atoms with E-state index in [0.29, 0.717) is 18.5 Å². The number of aromatic amines is 1. The lowest BCUT2D eigenvalue weighted by atomic mass is 9.77. The number of aryl methyl sites for hydroxylation is 1. The van der Waals surface area contributed by atoms with E-state index in [-0.39, 0.29) is 23.8 Å². The molecule has 2 aromatic heterocycles. The molecule has 8 heteroatoms. The zero-order chi connectivity index (χ0) is 20.8. The molecule has 30 heavy (non-hydrogen) atoms. The second-order valence-electron chi connectivity index (χ2n) is 8.17. The van der Waals surface area contributed by atoms with Gasteiger partial charge in [0.2, 0.25) is 5.91 Å². The highest BCUT2D eigenvalue weighted by molar-refractivity contribution is 5.99. The van der Waals surface area contributed by atoms with Gasteiger partial charge < -0.3 is 21.4 Å². The van der Waals surface area contributed by atoms with Gasteiger partial charge in [-0.25, -0.2) is 9.97 Å². The Morgan fingerprint density at radius 3 is 2.87 bits per heavy atom. The Hall–Kier alpha value is -3.42. The van der Waals surface area contributed by atoms with Gasteiger partial charge in [0.05, 0.1) is 16.8 Å². The smallest absolute Gasteiger partial charge is 0.253 e. The molecule has 2 atom stereocenters. The molecule has 3 heterocycles. The van der Waals surface area contributed by atoms with E-state index >= 15 is 0 Å². The van der Waals surface area contributed by atoms with Crippen LogP contribution in [0.25, 0.3) is 22.3 Å². The molecule has 1 aromatic carbocycles. The molecule has 2 aliphatic rings. The molecule has 1 saturated carbocycles. The van der Waals surface area contributed by atoms with Crippen LogP contribution in [-0.4, -0.2) is 39.4 Å². The lowest BCUT2D eigenvalue weighted by molar-refractivity contribution is -0.119. The average molecular weight is 404 g/mol. The number of amides is 2. The molecule has 0 radical (unpaired) electrons. The number of hydrogen-bond donors (Lipinski definition) is 4. The normalized spacial score (nSPS) is 20.4. The third kappa shape index (κ3) is 3.18. The number of H-pyrrole nitrogens is 1. The summed E-state index contributed by atoms with van der Waals surface area (Å²) in [4.78, 5) is 36.5. The molecule has 8 nitrogen and oxygen atoms in total. The van der Waals surface area contributed by atoms with Crippen molar-refractivity contribution in [1.82, 2.24) is 20.3 Å². The summed E-state index contributed by atoms with van der Waals surface area (Å²) in [5.74, 6) is 0.648. The van der Waals surface area contributed by atoms with Crippen LogP contribution in [-0.2, 0) is 11.2 Å². The summed E-state index contributed by atoms with van der Waals surface area (Å²) >= 11 is 0. The number of rotatable bonds is 5. The van der Waals surface area contributed by atoms with Crippen molar-refractivity contribution in [3.8, 4) is 11.3 Å². The number of hydrogen-bond acceptors (Lipinski definition) is 5. The predicted octanol–water partition coefficient (Wildman–Crippen LogP) is 2.29. The Morgan fingerprint density at radius 1 is 1.27 bits per heavy atom. The molecule has 154 valence electrons. The van der Waals surface area contributed by atoms with Crippen LogP contribution in [0, 0.1) is 12.8 Å². The molecule has 1 fully saturated rings. The van der Waals surface area contributed by atoms with Crippen molar-refractivity contribution in [3.05, 3.63) is 41.2 Å². The largest absolute Gasteiger partial charge is 0.370 e. The zero-order valence-electron chi connectivity index (χ0n) is 16.8. The predicted molar refractivity (Wildman–Crippen MR) is 114 cm³/mol. The number of benzene rings is 1. The Balaban J connectivity index is 1.52. The summed E-state index contributed by atoms with van der Waals surface area (Å²) in [5, 5.41) is 6.35. The van der Waals surface area contributed by atoms with Crippen LogP contribution in [0.4, 0.5) is 5.82 Å². The SMILES string of the molecule is Cc1nc2cccc(-c3cc4c([nH]3)CCNC4=O)c2nc1N[C@H]1CCC1CC(N)=O. The fourth-order valence-corrected chi connectivity index (χ4v) is 4.40. The summed E-state index contributed by atoms with van der Waals surface area (Å²) in [6.07, 6.45) is 3.14. The van der Waals surface area contributed by atoms with Crippen molar-refractivity contribution in [2.75, 3.05) is 11.9 Å². The minimum atomic E-state index is -0.269. The van der Waals surface area contributed by atoms with Crippen LogP contribution >= 0.6 is 0 Å². The van der Waals surface area contributed by atoms with E-state index < -0.39 is 0 Å². The molecule has 2 amide bonds. The number of nitrogens with zero attached hydrogens (tertiary/aromatic N) is 2. The minimum absolute atomic E-state index is 0.0475. The van der Waals surface area contributed by atoms with Gasteiger partial charge in [0.15, 0.2) is 0 Å². The lowest BCUT2D eigenvalue weighted by Gasteiger charge is -2.37. The number of carbonyl (C=O) groups is 2. The maximum absolute atomic E-state index is 12.2. The molecule has 1 unspecified atom stereocenters. The number of nitrogens with two attached hydrogens (primary N) is 1. The summed E-state index contributed by atoms with van der Waals surface area (Å²) in [6.45, 7) is 2.57. The highest BCUT2D eigenvalue weighted by atomic mass is 16.2. The quantitative estimate of drug-likeness (QED) is 0.519. The highest BCUT2D eigenvalue weighted by Gasteiger charge is 2.32. The van der Waals surface area contributed by atoms with Crippen molar-refractivity contribution < 1.29 is 9.59 Å². The van der Waals surface area contributed by atoms with Crippen molar-refractivity contribution in [2.24, 2.45) is 11.7 Å². The number of primary amides is 1. The number of para-hydroxylation sites is 1. The third-order valence-corrected chi connectivity index (χ3v) is 6.17. The first-order valence-electron chi connectivity index (χ1n) is 10.3. The van der Waals surface area contributed by atoms with Gasteiger partial charge in [-0.05, 0) is 37.8 Å². The highest BCUT2D eigenvalue weighted by Crippen LogP contribution is 2.34. The van der Waals surface area contributed by atoms with Crippen LogP contribution in [0.1, 0.15) is 41.0 Å². The topological polar surface area (TPSA) is 126 Å². The number of aromatic nitrogens is 3. The molecule has 0 spiro atoms. The number of carbonyl (C=O) groups excluding carboxylic acids is 2. The summed E-state index contributed by atoms with van der Waals surface area (Å²) in [7, 11) is 0. The third-order valence-electron chi connectivity index (χ3n) is 6.17. The Labute approximate surface area is 173 Å². The first kappa shape index (κ1) is 18.6. The molecule has 1 aliphatic heterocycles. The molecule has 5 rings (SSSR count). The molecule has 0 saturated heterocycles. The molecule has 0 bridgehead atoms.